The van der Waals surface area contributed by atoms with Crippen LogP contribution in [0, 0.1) is 0 Å². The van der Waals surface area contributed by atoms with Crippen molar-refractivity contribution in [1.29, 1.82) is 0 Å². The van der Waals surface area contributed by atoms with Crippen molar-refractivity contribution in [2.45, 2.75) is 26.0 Å². The molecule has 1 fully saturated rings. The van der Waals surface area contributed by atoms with Gasteiger partial charge in [-0.05, 0) is 54.2 Å². The number of aromatic nitrogens is 1. The van der Waals surface area contributed by atoms with Crippen LogP contribution in [0.2, 0.25) is 5.02 Å². The number of hydrogen-bond acceptors (Lipinski definition) is 9. The van der Waals surface area contributed by atoms with E-state index in [9.17, 15) is 14.4 Å². The topological polar surface area (TPSA) is 113 Å². The molecule has 1 amide bonds. The summed E-state index contributed by atoms with van der Waals surface area (Å²) in [6.07, 6.45) is -2.71. The van der Waals surface area contributed by atoms with E-state index in [1.54, 1.807) is 13.0 Å². The number of esters is 1. The molecule has 1 atom stereocenters. The molecule has 1 unspecified atom stereocenters. The Kier molecular flexibility index (Phi) is 7.68. The second-order valence-corrected chi connectivity index (χ2v) is 10.3. The molecule has 38 heavy (non-hydrogen) atoms. The second-order valence-electron chi connectivity index (χ2n) is 9.08. The summed E-state index contributed by atoms with van der Waals surface area (Å²) in [5.74, 6) is -0.367. The second kappa shape index (κ2) is 11.1. The molecule has 2 aliphatic rings. The fraction of sp³-hybridized carbons (Fsp3) is 0.385. The van der Waals surface area contributed by atoms with Gasteiger partial charge in [0.15, 0.2) is 0 Å². The van der Waals surface area contributed by atoms with Crippen molar-refractivity contribution in [2.75, 3.05) is 49.1 Å². The Morgan fingerprint density at radius 1 is 1.18 bits per heavy atom. The number of anilines is 2. The van der Waals surface area contributed by atoms with Gasteiger partial charge in [0.2, 0.25) is 5.91 Å². The van der Waals surface area contributed by atoms with Crippen LogP contribution in [0.1, 0.15) is 18.1 Å². The first-order valence-electron chi connectivity index (χ1n) is 12.4. The fourth-order valence-electron chi connectivity index (χ4n) is 4.93. The first-order valence-corrected chi connectivity index (χ1v) is 13.5. The monoisotopic (exact) mass is 558 g/mol. The molecular formula is C26H27ClN4O6S. The molecule has 1 N–H and O–H groups in total. The van der Waals surface area contributed by atoms with Gasteiger partial charge in [0.25, 0.3) is 6.23 Å². The van der Waals surface area contributed by atoms with Gasteiger partial charge in [-0.1, -0.05) is 29.8 Å². The van der Waals surface area contributed by atoms with Crippen LogP contribution in [-0.4, -0.2) is 78.0 Å². The Bertz CT molecular complexity index is 1370. The SMILES string of the molecule is CCOC(=O)C(OC(=O)O)N1C(=O)Cc2cc(CCN3CCN(c4nsc5ccccc45)CC3)c(Cl)cc21. The van der Waals surface area contributed by atoms with Crippen molar-refractivity contribution in [3.05, 3.63) is 52.5 Å². The number of halogens is 1. The van der Waals surface area contributed by atoms with E-state index in [4.69, 9.17) is 26.2 Å². The average molecular weight is 559 g/mol. The summed E-state index contributed by atoms with van der Waals surface area (Å²) in [6.45, 7) is 5.96. The Hall–Kier alpha value is -3.41. The van der Waals surface area contributed by atoms with Gasteiger partial charge >= 0.3 is 12.1 Å². The smallest absolute Gasteiger partial charge is 0.462 e. The summed E-state index contributed by atoms with van der Waals surface area (Å²) in [4.78, 5) is 42.1. The summed E-state index contributed by atoms with van der Waals surface area (Å²) in [6, 6.07) is 11.7. The number of piperazine rings is 1. The highest BCUT2D eigenvalue weighted by molar-refractivity contribution is 7.13. The van der Waals surface area contributed by atoms with Gasteiger partial charge in [-0.2, -0.15) is 4.37 Å². The van der Waals surface area contributed by atoms with Gasteiger partial charge in [0, 0.05) is 43.1 Å². The van der Waals surface area contributed by atoms with E-state index in [0.717, 1.165) is 49.0 Å². The van der Waals surface area contributed by atoms with E-state index in [-0.39, 0.29) is 13.0 Å². The molecule has 5 rings (SSSR count). The normalized spacial score (nSPS) is 16.5. The predicted molar refractivity (Wildman–Crippen MR) is 144 cm³/mol. The molecule has 0 radical (unpaired) electrons. The molecule has 200 valence electrons. The van der Waals surface area contributed by atoms with Crippen molar-refractivity contribution in [3.63, 3.8) is 0 Å². The number of rotatable bonds is 8. The minimum atomic E-state index is -1.73. The third kappa shape index (κ3) is 5.27. The molecule has 1 saturated heterocycles. The Balaban J connectivity index is 1.24. The Labute approximate surface area is 228 Å². The van der Waals surface area contributed by atoms with E-state index in [0.29, 0.717) is 22.7 Å². The zero-order chi connectivity index (χ0) is 26.8. The summed E-state index contributed by atoms with van der Waals surface area (Å²) in [5, 5.41) is 10.7. The van der Waals surface area contributed by atoms with Crippen LogP contribution < -0.4 is 9.80 Å². The number of carboxylic acid groups (broad SMARTS) is 1. The van der Waals surface area contributed by atoms with E-state index < -0.39 is 24.3 Å². The maximum atomic E-state index is 12.8. The molecule has 2 aliphatic heterocycles. The third-order valence-corrected chi connectivity index (χ3v) is 7.95. The minimum Gasteiger partial charge on any atom is -0.462 e. The Morgan fingerprint density at radius 3 is 2.68 bits per heavy atom. The van der Waals surface area contributed by atoms with E-state index in [1.165, 1.54) is 21.6 Å². The number of fused-ring (bicyclic) bond motifs is 2. The predicted octanol–water partition coefficient (Wildman–Crippen LogP) is 3.79. The molecule has 0 spiro atoms. The van der Waals surface area contributed by atoms with Crippen molar-refractivity contribution < 1.29 is 29.0 Å². The lowest BCUT2D eigenvalue weighted by molar-refractivity contribution is -0.155. The molecule has 3 heterocycles. The highest BCUT2D eigenvalue weighted by Crippen LogP contribution is 2.36. The van der Waals surface area contributed by atoms with E-state index >= 15 is 0 Å². The molecule has 3 aromatic rings. The quantitative estimate of drug-likeness (QED) is 0.413. The molecular weight excluding hydrogens is 532 g/mol. The average Bonchev–Trinajstić information content (AvgIpc) is 3.46. The molecule has 2 aromatic carbocycles. The lowest BCUT2D eigenvalue weighted by Gasteiger charge is -2.35. The van der Waals surface area contributed by atoms with Gasteiger partial charge in [-0.15, -0.1) is 0 Å². The van der Waals surface area contributed by atoms with E-state index in [2.05, 4.69) is 26.3 Å². The van der Waals surface area contributed by atoms with Crippen molar-refractivity contribution in [1.82, 2.24) is 9.27 Å². The van der Waals surface area contributed by atoms with Crippen LogP contribution in [-0.2, 0) is 31.9 Å². The number of ether oxygens (including phenoxy) is 2. The molecule has 0 bridgehead atoms. The van der Waals surface area contributed by atoms with Crippen LogP contribution in [0.4, 0.5) is 16.3 Å². The summed E-state index contributed by atoms with van der Waals surface area (Å²) >= 11 is 8.12. The largest absolute Gasteiger partial charge is 0.508 e. The third-order valence-electron chi connectivity index (χ3n) is 6.78. The minimum absolute atomic E-state index is 0.0126. The maximum Gasteiger partial charge on any atom is 0.508 e. The van der Waals surface area contributed by atoms with E-state index in [1.807, 2.05) is 18.2 Å². The molecule has 12 heteroatoms. The summed E-state index contributed by atoms with van der Waals surface area (Å²) < 4.78 is 15.5. The van der Waals surface area contributed by atoms with Crippen LogP contribution in [0.5, 0.6) is 0 Å². The number of nitrogens with zero attached hydrogens (tertiary/aromatic N) is 4. The number of hydrogen-bond donors (Lipinski definition) is 1. The van der Waals surface area contributed by atoms with Crippen molar-refractivity contribution in [2.24, 2.45) is 0 Å². The maximum absolute atomic E-state index is 12.8. The zero-order valence-electron chi connectivity index (χ0n) is 20.8. The lowest BCUT2D eigenvalue weighted by Crippen LogP contribution is -2.47. The first-order chi connectivity index (χ1) is 18.4. The number of benzene rings is 2. The highest BCUT2D eigenvalue weighted by atomic mass is 35.5. The van der Waals surface area contributed by atoms with Crippen molar-refractivity contribution >= 4 is 62.8 Å². The molecule has 0 saturated carbocycles. The zero-order valence-corrected chi connectivity index (χ0v) is 22.3. The first kappa shape index (κ1) is 26.2. The number of carbonyl (C=O) groups excluding carboxylic acids is 2. The standard InChI is InChI=1S/C26H27ClN4O6S/c1-2-36-25(33)24(37-26(34)35)31-20-15-19(27)16(13-17(20)14-22(31)32)7-8-29-9-11-30(12-10-29)23-18-5-3-4-6-21(18)38-28-23/h3-6,13,15,24H,2,7-12,14H2,1H3,(H,34,35). The fourth-order valence-corrected chi connectivity index (χ4v) is 5.98. The highest BCUT2D eigenvalue weighted by Gasteiger charge is 2.41. The summed E-state index contributed by atoms with van der Waals surface area (Å²) in [5.41, 5.74) is 1.91. The number of carbonyl (C=O) groups is 3. The van der Waals surface area contributed by atoms with Gasteiger partial charge in [-0.25, -0.2) is 9.59 Å². The molecule has 0 aliphatic carbocycles. The van der Waals surface area contributed by atoms with Crippen LogP contribution in [0.15, 0.2) is 36.4 Å². The number of amides is 1. The van der Waals surface area contributed by atoms with Crippen LogP contribution >= 0.6 is 23.1 Å². The lowest BCUT2D eigenvalue weighted by atomic mass is 10.1. The Morgan fingerprint density at radius 2 is 1.95 bits per heavy atom. The van der Waals surface area contributed by atoms with Gasteiger partial charge in [0.1, 0.15) is 5.82 Å². The van der Waals surface area contributed by atoms with Gasteiger partial charge in [0.05, 0.1) is 23.4 Å². The molecule has 1 aromatic heterocycles. The molecule has 10 nitrogen and oxygen atoms in total. The van der Waals surface area contributed by atoms with Crippen LogP contribution in [0.25, 0.3) is 10.1 Å². The van der Waals surface area contributed by atoms with Crippen molar-refractivity contribution in [3.8, 4) is 0 Å². The van der Waals surface area contributed by atoms with Gasteiger partial charge in [-0.3, -0.25) is 14.6 Å². The van der Waals surface area contributed by atoms with Gasteiger partial charge < -0.3 is 19.5 Å². The van der Waals surface area contributed by atoms with Crippen LogP contribution in [0.3, 0.4) is 0 Å². The summed E-state index contributed by atoms with van der Waals surface area (Å²) in [7, 11) is 0.